The molecule has 0 aliphatic carbocycles. The molecule has 2 aromatic carbocycles. The molecule has 1 aliphatic heterocycles. The van der Waals surface area contributed by atoms with Crippen LogP contribution in [-0.2, 0) is 9.53 Å². The van der Waals surface area contributed by atoms with Gasteiger partial charge in [0.1, 0.15) is 12.0 Å². The van der Waals surface area contributed by atoms with Crippen LogP contribution < -0.4 is 9.64 Å². The summed E-state index contributed by atoms with van der Waals surface area (Å²) in [5.41, 5.74) is 2.42. The topological polar surface area (TPSA) is 38.8 Å². The van der Waals surface area contributed by atoms with Gasteiger partial charge in [0, 0.05) is 22.9 Å². The largest absolute Gasteiger partial charge is 0.461 e. The smallest absolute Gasteiger partial charge is 0.370 e. The first-order valence-corrected chi connectivity index (χ1v) is 13.5. The van der Waals surface area contributed by atoms with Gasteiger partial charge < -0.3 is 14.4 Å². The molecule has 1 heterocycles. The van der Waals surface area contributed by atoms with E-state index >= 15 is 0 Å². The quantitative estimate of drug-likeness (QED) is 0.156. The molecular weight excluding hydrogens is 457 g/mol. The predicted octanol–water partition coefficient (Wildman–Crippen LogP) is 7.60. The molecule has 2 aromatic rings. The molecule has 7 heteroatoms. The summed E-state index contributed by atoms with van der Waals surface area (Å²) in [5, 5.41) is 0. The van der Waals surface area contributed by atoms with Crippen LogP contribution >= 0.6 is 23.5 Å². The third-order valence-electron chi connectivity index (χ3n) is 5.61. The van der Waals surface area contributed by atoms with E-state index in [0.29, 0.717) is 5.75 Å². The number of unbranched alkanes of at least 4 members (excludes halogenated alkanes) is 1. The molecule has 3 rings (SSSR count). The Bertz CT molecular complexity index is 983. The van der Waals surface area contributed by atoms with E-state index in [1.807, 2.05) is 30.2 Å². The summed E-state index contributed by atoms with van der Waals surface area (Å²) in [6.45, 7) is 7.25. The van der Waals surface area contributed by atoms with Crippen LogP contribution in [0.2, 0.25) is 0 Å². The number of fused-ring (bicyclic) bond motifs is 1. The number of benzene rings is 2. The van der Waals surface area contributed by atoms with Crippen molar-refractivity contribution in [2.24, 2.45) is 5.41 Å². The monoisotopic (exact) mass is 489 g/mol. The van der Waals surface area contributed by atoms with Crippen LogP contribution in [0.25, 0.3) is 0 Å². The zero-order valence-electron chi connectivity index (χ0n) is 19.7. The summed E-state index contributed by atoms with van der Waals surface area (Å²) in [7, 11) is 0. The van der Waals surface area contributed by atoms with Gasteiger partial charge >= 0.3 is 5.97 Å². The second kappa shape index (κ2) is 11.8. The van der Waals surface area contributed by atoms with Gasteiger partial charge in [0.2, 0.25) is 5.83 Å². The van der Waals surface area contributed by atoms with Crippen molar-refractivity contribution in [1.29, 1.82) is 0 Å². The van der Waals surface area contributed by atoms with E-state index in [1.165, 1.54) is 24.6 Å². The predicted molar refractivity (Wildman–Crippen MR) is 136 cm³/mol. The van der Waals surface area contributed by atoms with Crippen molar-refractivity contribution in [3.63, 3.8) is 0 Å². The van der Waals surface area contributed by atoms with Crippen molar-refractivity contribution in [1.82, 2.24) is 0 Å². The average Bonchev–Trinajstić information content (AvgIpc) is 2.98. The van der Waals surface area contributed by atoms with Crippen molar-refractivity contribution in [3.8, 4) is 5.75 Å². The highest BCUT2D eigenvalue weighted by molar-refractivity contribution is 7.99. The highest BCUT2D eigenvalue weighted by Crippen LogP contribution is 2.48. The van der Waals surface area contributed by atoms with Gasteiger partial charge in [-0.05, 0) is 49.3 Å². The van der Waals surface area contributed by atoms with Gasteiger partial charge in [0.15, 0.2) is 0 Å². The first-order chi connectivity index (χ1) is 15.9. The van der Waals surface area contributed by atoms with E-state index in [4.69, 9.17) is 9.47 Å². The number of rotatable bonds is 9. The Morgan fingerprint density at radius 3 is 2.70 bits per heavy atom. The second-order valence-corrected chi connectivity index (χ2v) is 10.3. The van der Waals surface area contributed by atoms with Crippen LogP contribution in [-0.4, -0.2) is 31.1 Å². The number of esters is 1. The van der Waals surface area contributed by atoms with E-state index in [2.05, 4.69) is 49.1 Å². The molecule has 4 nitrogen and oxygen atoms in total. The SMILES string of the molecule is CCCCC1(C)CSc2cc(O/C=C(\F)C(=O)OCC)c(SC)cc2N(c2ccccc2)C1. The molecule has 0 fully saturated rings. The van der Waals surface area contributed by atoms with Gasteiger partial charge in [-0.3, -0.25) is 0 Å². The summed E-state index contributed by atoms with van der Waals surface area (Å²) in [5.74, 6) is -0.564. The summed E-state index contributed by atoms with van der Waals surface area (Å²) in [4.78, 5) is 15.9. The fraction of sp³-hybridized carbons (Fsp3) is 0.423. The molecule has 0 radical (unpaired) electrons. The van der Waals surface area contributed by atoms with E-state index < -0.39 is 11.8 Å². The van der Waals surface area contributed by atoms with Crippen LogP contribution in [0.5, 0.6) is 5.75 Å². The van der Waals surface area contributed by atoms with Crippen LogP contribution in [0.1, 0.15) is 40.0 Å². The molecule has 1 atom stereocenters. The number of anilines is 2. The molecule has 0 N–H and O–H groups in total. The van der Waals surface area contributed by atoms with Gasteiger partial charge in [-0.2, -0.15) is 4.39 Å². The molecule has 33 heavy (non-hydrogen) atoms. The van der Waals surface area contributed by atoms with Gasteiger partial charge in [0.05, 0.1) is 17.2 Å². The summed E-state index contributed by atoms with van der Waals surface area (Å²) in [6.07, 6.45) is 6.31. The molecule has 1 unspecified atom stereocenters. The number of nitrogens with zero attached hydrogens (tertiary/aromatic N) is 1. The van der Waals surface area contributed by atoms with Crippen molar-refractivity contribution in [3.05, 3.63) is 54.6 Å². The maximum Gasteiger partial charge on any atom is 0.370 e. The Kier molecular flexibility index (Phi) is 9.15. The van der Waals surface area contributed by atoms with Crippen LogP contribution in [0.15, 0.2) is 64.3 Å². The average molecular weight is 490 g/mol. The fourth-order valence-electron chi connectivity index (χ4n) is 3.83. The molecule has 0 spiro atoms. The molecule has 0 aromatic heterocycles. The van der Waals surface area contributed by atoms with E-state index in [9.17, 15) is 9.18 Å². The number of para-hydroxylation sites is 1. The number of hydrogen-bond donors (Lipinski definition) is 0. The molecule has 0 saturated heterocycles. The van der Waals surface area contributed by atoms with E-state index in [0.717, 1.165) is 46.1 Å². The Labute approximate surface area is 204 Å². The van der Waals surface area contributed by atoms with Gasteiger partial charge in [0.25, 0.3) is 0 Å². The lowest BCUT2D eigenvalue weighted by Gasteiger charge is -2.34. The maximum atomic E-state index is 14.1. The van der Waals surface area contributed by atoms with Crippen molar-refractivity contribution >= 4 is 40.9 Å². The molecule has 0 amide bonds. The highest BCUT2D eigenvalue weighted by Gasteiger charge is 2.33. The van der Waals surface area contributed by atoms with Crippen molar-refractivity contribution < 1.29 is 18.7 Å². The number of ether oxygens (including phenoxy) is 2. The Morgan fingerprint density at radius 1 is 1.27 bits per heavy atom. The molecule has 178 valence electrons. The molecular formula is C26H32FNO3S2. The third kappa shape index (κ3) is 6.48. The number of halogens is 1. The van der Waals surface area contributed by atoms with Gasteiger partial charge in [-0.15, -0.1) is 23.5 Å². The van der Waals surface area contributed by atoms with E-state index in [1.54, 1.807) is 6.92 Å². The zero-order chi connectivity index (χ0) is 23.8. The van der Waals surface area contributed by atoms with Crippen LogP contribution in [0.3, 0.4) is 0 Å². The molecule has 1 aliphatic rings. The van der Waals surface area contributed by atoms with Gasteiger partial charge in [-0.25, -0.2) is 4.79 Å². The fourth-order valence-corrected chi connectivity index (χ4v) is 5.61. The van der Waals surface area contributed by atoms with Crippen LogP contribution in [0.4, 0.5) is 15.8 Å². The van der Waals surface area contributed by atoms with Crippen molar-refractivity contribution in [2.45, 2.75) is 49.8 Å². The Balaban J connectivity index is 2.00. The lowest BCUT2D eigenvalue weighted by molar-refractivity contribution is -0.140. The summed E-state index contributed by atoms with van der Waals surface area (Å²) in [6, 6.07) is 14.5. The third-order valence-corrected chi connectivity index (χ3v) is 7.85. The normalized spacial score (nSPS) is 18.5. The number of carbonyl (C=O) groups excluding carboxylic acids is 1. The Morgan fingerprint density at radius 2 is 2.03 bits per heavy atom. The molecule has 0 saturated carbocycles. The minimum atomic E-state index is -1.05. The standard InChI is InChI=1S/C26H32FNO3S2/c1-5-7-13-26(3)17-28(19-11-9-8-10-12-19)21-14-24(32-4)22(15-23(21)33-18-26)31-16-20(27)25(29)30-6-2/h8-12,14-16H,5-7,13,17-18H2,1-4H3/b20-16-. The molecule has 0 bridgehead atoms. The highest BCUT2D eigenvalue weighted by atomic mass is 32.2. The lowest BCUT2D eigenvalue weighted by atomic mass is 9.86. The summed E-state index contributed by atoms with van der Waals surface area (Å²) < 4.78 is 24.4. The lowest BCUT2D eigenvalue weighted by Crippen LogP contribution is -2.33. The number of carbonyl (C=O) groups is 1. The zero-order valence-corrected chi connectivity index (χ0v) is 21.4. The second-order valence-electron chi connectivity index (χ2n) is 8.40. The summed E-state index contributed by atoms with van der Waals surface area (Å²) >= 11 is 3.34. The number of hydrogen-bond acceptors (Lipinski definition) is 6. The minimum absolute atomic E-state index is 0.109. The Hall–Kier alpha value is -2.12. The van der Waals surface area contributed by atoms with E-state index in [-0.39, 0.29) is 12.0 Å². The first kappa shape index (κ1) is 25.5. The van der Waals surface area contributed by atoms with Gasteiger partial charge in [-0.1, -0.05) is 44.9 Å². The number of thioether (sulfide) groups is 2. The first-order valence-electron chi connectivity index (χ1n) is 11.3. The van der Waals surface area contributed by atoms with Crippen molar-refractivity contribution in [2.75, 3.05) is 30.1 Å². The minimum Gasteiger partial charge on any atom is -0.461 e. The van der Waals surface area contributed by atoms with Crippen LogP contribution in [0, 0.1) is 5.41 Å². The maximum absolute atomic E-state index is 14.1.